The van der Waals surface area contributed by atoms with E-state index in [9.17, 15) is 9.90 Å². The van der Waals surface area contributed by atoms with E-state index in [1.165, 1.54) is 0 Å². The third-order valence-corrected chi connectivity index (χ3v) is 4.52. The molecular formula is C19H30N2O3. The molecule has 0 aromatic heterocycles. The van der Waals surface area contributed by atoms with E-state index in [2.05, 4.69) is 5.32 Å². The number of piperidine rings is 1. The van der Waals surface area contributed by atoms with Crippen LogP contribution in [-0.2, 0) is 6.54 Å². The van der Waals surface area contributed by atoms with E-state index in [0.29, 0.717) is 25.6 Å². The number of aliphatic hydroxyl groups is 1. The summed E-state index contributed by atoms with van der Waals surface area (Å²) in [6, 6.07) is 6.00. The number of amides is 2. The molecule has 0 radical (unpaired) electrons. The largest absolute Gasteiger partial charge is 0.491 e. The molecule has 1 aliphatic rings. The van der Waals surface area contributed by atoms with Crippen molar-refractivity contribution in [2.45, 2.75) is 59.3 Å². The van der Waals surface area contributed by atoms with Crippen LogP contribution in [0.1, 0.15) is 44.7 Å². The van der Waals surface area contributed by atoms with E-state index in [1.807, 2.05) is 50.8 Å². The summed E-state index contributed by atoms with van der Waals surface area (Å²) in [4.78, 5) is 14.2. The molecule has 1 atom stereocenters. The Balaban J connectivity index is 1.90. The second kappa shape index (κ2) is 8.38. The van der Waals surface area contributed by atoms with Crippen molar-refractivity contribution < 1.29 is 14.6 Å². The first-order valence-electron chi connectivity index (χ1n) is 8.84. The highest BCUT2D eigenvalue weighted by molar-refractivity contribution is 5.74. The molecule has 1 fully saturated rings. The maximum absolute atomic E-state index is 12.4. The third-order valence-electron chi connectivity index (χ3n) is 4.52. The van der Waals surface area contributed by atoms with Crippen molar-refractivity contribution in [3.63, 3.8) is 0 Å². The zero-order valence-electron chi connectivity index (χ0n) is 15.2. The van der Waals surface area contributed by atoms with E-state index in [4.69, 9.17) is 4.74 Å². The number of nitrogens with one attached hydrogen (secondary N) is 1. The number of hydrogen-bond donors (Lipinski definition) is 2. The minimum atomic E-state index is -0.293. The number of benzene rings is 1. The first kappa shape index (κ1) is 18.6. The van der Waals surface area contributed by atoms with Gasteiger partial charge >= 0.3 is 6.03 Å². The fourth-order valence-corrected chi connectivity index (χ4v) is 3.04. The molecule has 5 nitrogen and oxygen atoms in total. The maximum Gasteiger partial charge on any atom is 0.317 e. The number of nitrogens with zero attached hydrogens (tertiary/aromatic N) is 1. The molecule has 2 N–H and O–H groups in total. The number of ether oxygens (including phenoxy) is 1. The molecule has 134 valence electrons. The lowest BCUT2D eigenvalue weighted by Gasteiger charge is -2.33. The Kier molecular flexibility index (Phi) is 6.49. The van der Waals surface area contributed by atoms with Crippen LogP contribution in [0.4, 0.5) is 4.79 Å². The Morgan fingerprint density at radius 1 is 1.33 bits per heavy atom. The molecule has 24 heavy (non-hydrogen) atoms. The van der Waals surface area contributed by atoms with Crippen LogP contribution in [0.3, 0.4) is 0 Å². The number of carbonyl (C=O) groups is 1. The van der Waals surface area contributed by atoms with Crippen molar-refractivity contribution in [1.82, 2.24) is 10.2 Å². The van der Waals surface area contributed by atoms with Gasteiger partial charge in [-0.05, 0) is 58.1 Å². The summed E-state index contributed by atoms with van der Waals surface area (Å²) >= 11 is 0. The Labute approximate surface area is 145 Å². The van der Waals surface area contributed by atoms with Gasteiger partial charge in [-0.25, -0.2) is 4.79 Å². The van der Waals surface area contributed by atoms with Crippen LogP contribution in [0.2, 0.25) is 0 Å². The molecule has 1 unspecified atom stereocenters. The number of aryl methyl sites for hydroxylation is 1. The first-order chi connectivity index (χ1) is 11.4. The first-order valence-corrected chi connectivity index (χ1v) is 8.84. The molecule has 0 saturated carbocycles. The molecule has 0 aliphatic carbocycles. The summed E-state index contributed by atoms with van der Waals surface area (Å²) in [7, 11) is 0. The van der Waals surface area contributed by atoms with E-state index in [1.54, 1.807) is 0 Å². The molecule has 0 spiro atoms. The second-order valence-electron chi connectivity index (χ2n) is 7.00. The molecule has 1 aromatic carbocycles. The third kappa shape index (κ3) is 5.13. The average Bonchev–Trinajstić information content (AvgIpc) is 2.53. The molecule has 5 heteroatoms. The van der Waals surface area contributed by atoms with E-state index < -0.39 is 0 Å². The quantitative estimate of drug-likeness (QED) is 0.870. The number of carbonyl (C=O) groups excluding carboxylic acids is 1. The zero-order valence-corrected chi connectivity index (χ0v) is 15.2. The molecule has 2 amide bonds. The smallest absolute Gasteiger partial charge is 0.317 e. The number of urea groups is 1. The highest BCUT2D eigenvalue weighted by Gasteiger charge is 2.25. The van der Waals surface area contributed by atoms with Gasteiger partial charge < -0.3 is 20.1 Å². The van der Waals surface area contributed by atoms with Crippen molar-refractivity contribution in [2.75, 3.05) is 13.1 Å². The van der Waals surface area contributed by atoms with Gasteiger partial charge in [-0.3, -0.25) is 0 Å². The predicted molar refractivity (Wildman–Crippen MR) is 95.2 cm³/mol. The fourth-order valence-electron chi connectivity index (χ4n) is 3.04. The fraction of sp³-hybridized carbons (Fsp3) is 0.632. The summed E-state index contributed by atoms with van der Waals surface area (Å²) in [5.41, 5.74) is 2.13. The molecular weight excluding hydrogens is 304 g/mol. The Hall–Kier alpha value is -1.75. The van der Waals surface area contributed by atoms with Crippen molar-refractivity contribution in [2.24, 2.45) is 5.92 Å². The minimum Gasteiger partial charge on any atom is -0.491 e. The lowest BCUT2D eigenvalue weighted by molar-refractivity contribution is 0.0797. The number of rotatable bonds is 5. The van der Waals surface area contributed by atoms with Gasteiger partial charge in [0, 0.05) is 25.2 Å². The summed E-state index contributed by atoms with van der Waals surface area (Å²) in [5.74, 6) is 1.13. The van der Waals surface area contributed by atoms with Crippen LogP contribution in [0.25, 0.3) is 0 Å². The van der Waals surface area contributed by atoms with Crippen molar-refractivity contribution in [3.05, 3.63) is 29.3 Å². The van der Waals surface area contributed by atoms with Gasteiger partial charge in [-0.1, -0.05) is 12.1 Å². The normalized spacial score (nSPS) is 17.0. The second-order valence-corrected chi connectivity index (χ2v) is 7.00. The Morgan fingerprint density at radius 2 is 2.00 bits per heavy atom. The lowest BCUT2D eigenvalue weighted by atomic mass is 9.92. The summed E-state index contributed by atoms with van der Waals surface area (Å²) < 4.78 is 5.85. The molecule has 1 saturated heterocycles. The van der Waals surface area contributed by atoms with Crippen LogP contribution >= 0.6 is 0 Å². The summed E-state index contributed by atoms with van der Waals surface area (Å²) in [5, 5.41) is 12.6. The zero-order chi connectivity index (χ0) is 17.7. The monoisotopic (exact) mass is 334 g/mol. The standard InChI is InChI=1S/C19H30N2O3/c1-13(2)24-18-11-14(3)5-6-17(18)12-20-19(23)21-9-7-16(8-10-21)15(4)22/h5-6,11,13,15-16,22H,7-10,12H2,1-4H3,(H,20,23). The maximum atomic E-state index is 12.4. The number of hydrogen-bond acceptors (Lipinski definition) is 3. The molecule has 2 rings (SSSR count). The Bertz CT molecular complexity index is 550. The van der Waals surface area contributed by atoms with Crippen LogP contribution < -0.4 is 10.1 Å². The average molecular weight is 334 g/mol. The van der Waals surface area contributed by atoms with Gasteiger partial charge in [-0.2, -0.15) is 0 Å². The van der Waals surface area contributed by atoms with Gasteiger partial charge in [0.1, 0.15) is 5.75 Å². The molecule has 1 aliphatic heterocycles. The van der Waals surface area contributed by atoms with Gasteiger partial charge in [0.15, 0.2) is 0 Å². The van der Waals surface area contributed by atoms with E-state index in [0.717, 1.165) is 29.7 Å². The van der Waals surface area contributed by atoms with Crippen LogP contribution in [0.15, 0.2) is 18.2 Å². The van der Waals surface area contributed by atoms with Crippen molar-refractivity contribution >= 4 is 6.03 Å². The van der Waals surface area contributed by atoms with Crippen LogP contribution in [-0.4, -0.2) is 41.3 Å². The van der Waals surface area contributed by atoms with Crippen LogP contribution in [0.5, 0.6) is 5.75 Å². The highest BCUT2D eigenvalue weighted by atomic mass is 16.5. The predicted octanol–water partition coefficient (Wildman–Crippen LogP) is 3.08. The molecule has 1 aromatic rings. The summed E-state index contributed by atoms with van der Waals surface area (Å²) in [6.45, 7) is 9.71. The highest BCUT2D eigenvalue weighted by Crippen LogP contribution is 2.23. The number of aliphatic hydroxyl groups excluding tert-OH is 1. The van der Waals surface area contributed by atoms with Gasteiger partial charge in [-0.15, -0.1) is 0 Å². The topological polar surface area (TPSA) is 61.8 Å². The van der Waals surface area contributed by atoms with E-state index >= 15 is 0 Å². The van der Waals surface area contributed by atoms with Gasteiger partial charge in [0.05, 0.1) is 12.2 Å². The SMILES string of the molecule is Cc1ccc(CNC(=O)N2CCC(C(C)O)CC2)c(OC(C)C)c1. The minimum absolute atomic E-state index is 0.0462. The number of likely N-dealkylation sites (tertiary alicyclic amines) is 1. The van der Waals surface area contributed by atoms with Crippen LogP contribution in [0, 0.1) is 12.8 Å². The lowest BCUT2D eigenvalue weighted by Crippen LogP contribution is -2.45. The Morgan fingerprint density at radius 3 is 2.58 bits per heavy atom. The van der Waals surface area contributed by atoms with Gasteiger partial charge in [0.2, 0.25) is 0 Å². The van der Waals surface area contributed by atoms with Crippen molar-refractivity contribution in [1.29, 1.82) is 0 Å². The van der Waals surface area contributed by atoms with Crippen molar-refractivity contribution in [3.8, 4) is 5.75 Å². The van der Waals surface area contributed by atoms with Gasteiger partial charge in [0.25, 0.3) is 0 Å². The van der Waals surface area contributed by atoms with E-state index in [-0.39, 0.29) is 18.2 Å². The summed E-state index contributed by atoms with van der Waals surface area (Å²) in [6.07, 6.45) is 1.52. The molecule has 1 heterocycles. The molecule has 0 bridgehead atoms.